The smallest absolute Gasteiger partial charge is 0.0462 e. The molecule has 0 aromatic rings. The van der Waals surface area contributed by atoms with Crippen LogP contribution in [0.1, 0.15) is 44.9 Å². The van der Waals surface area contributed by atoms with Gasteiger partial charge in [-0.3, -0.25) is 0 Å². The van der Waals surface area contributed by atoms with Crippen LogP contribution in [0, 0.1) is 17.3 Å². The highest BCUT2D eigenvalue weighted by atomic mass is 16.3. The third-order valence-corrected chi connectivity index (χ3v) is 5.33. The molecule has 2 nitrogen and oxygen atoms in total. The molecular weight excluding hydrogens is 198 g/mol. The van der Waals surface area contributed by atoms with Crippen molar-refractivity contribution < 1.29 is 5.11 Å². The number of nitrogens with zero attached hydrogens (tertiary/aromatic N) is 1. The summed E-state index contributed by atoms with van der Waals surface area (Å²) in [4.78, 5) is 2.66. The zero-order valence-corrected chi connectivity index (χ0v) is 10.3. The summed E-state index contributed by atoms with van der Waals surface area (Å²) < 4.78 is 0. The van der Waals surface area contributed by atoms with Crippen molar-refractivity contribution in [3.05, 3.63) is 0 Å². The number of rotatable bonds is 3. The van der Waals surface area contributed by atoms with E-state index in [0.717, 1.165) is 11.3 Å². The first-order valence-corrected chi connectivity index (χ1v) is 7.15. The van der Waals surface area contributed by atoms with Crippen molar-refractivity contribution in [3.8, 4) is 0 Å². The molecule has 1 spiro atoms. The average molecular weight is 223 g/mol. The molecule has 16 heavy (non-hydrogen) atoms. The SMILES string of the molecule is OCC1CCCC1CN1CC2(CCCC2)C1. The highest BCUT2D eigenvalue weighted by molar-refractivity contribution is 4.98. The fraction of sp³-hybridized carbons (Fsp3) is 1.00. The van der Waals surface area contributed by atoms with Crippen molar-refractivity contribution in [2.75, 3.05) is 26.2 Å². The molecule has 2 aliphatic carbocycles. The molecule has 2 heteroatoms. The van der Waals surface area contributed by atoms with Crippen LogP contribution in [0.25, 0.3) is 0 Å². The van der Waals surface area contributed by atoms with Crippen molar-refractivity contribution in [1.29, 1.82) is 0 Å². The van der Waals surface area contributed by atoms with Crippen LogP contribution in [0.3, 0.4) is 0 Å². The van der Waals surface area contributed by atoms with Crippen LogP contribution >= 0.6 is 0 Å². The third-order valence-electron chi connectivity index (χ3n) is 5.33. The molecule has 0 amide bonds. The van der Waals surface area contributed by atoms with E-state index in [-0.39, 0.29) is 0 Å². The van der Waals surface area contributed by atoms with E-state index in [4.69, 9.17) is 0 Å². The molecule has 1 heterocycles. The Morgan fingerprint density at radius 1 is 1.00 bits per heavy atom. The van der Waals surface area contributed by atoms with E-state index >= 15 is 0 Å². The normalized spacial score (nSPS) is 38.1. The molecule has 2 atom stereocenters. The number of hydrogen-bond donors (Lipinski definition) is 1. The van der Waals surface area contributed by atoms with Crippen molar-refractivity contribution >= 4 is 0 Å². The zero-order chi connectivity index (χ0) is 11.0. The van der Waals surface area contributed by atoms with E-state index in [9.17, 15) is 5.11 Å². The highest BCUT2D eigenvalue weighted by Gasteiger charge is 2.45. The molecule has 0 bridgehead atoms. The Kier molecular flexibility index (Phi) is 2.97. The van der Waals surface area contributed by atoms with Gasteiger partial charge in [-0.25, -0.2) is 0 Å². The van der Waals surface area contributed by atoms with Crippen molar-refractivity contribution in [1.82, 2.24) is 4.90 Å². The van der Waals surface area contributed by atoms with Gasteiger partial charge >= 0.3 is 0 Å². The molecule has 1 saturated heterocycles. The number of hydrogen-bond acceptors (Lipinski definition) is 2. The second kappa shape index (κ2) is 4.30. The Morgan fingerprint density at radius 3 is 2.38 bits per heavy atom. The first kappa shape index (κ1) is 11.0. The summed E-state index contributed by atoms with van der Waals surface area (Å²) >= 11 is 0. The summed E-state index contributed by atoms with van der Waals surface area (Å²) in [5.74, 6) is 1.41. The first-order valence-electron chi connectivity index (χ1n) is 7.15. The zero-order valence-electron chi connectivity index (χ0n) is 10.3. The Labute approximate surface area is 99.0 Å². The highest BCUT2D eigenvalue weighted by Crippen LogP contribution is 2.46. The van der Waals surface area contributed by atoms with Crippen LogP contribution in [0.4, 0.5) is 0 Å². The lowest BCUT2D eigenvalue weighted by Crippen LogP contribution is -2.56. The fourth-order valence-electron chi connectivity index (χ4n) is 4.40. The van der Waals surface area contributed by atoms with Crippen molar-refractivity contribution in [2.24, 2.45) is 17.3 Å². The second-order valence-electron chi connectivity index (χ2n) is 6.51. The molecule has 92 valence electrons. The predicted octanol–water partition coefficient (Wildman–Crippen LogP) is 2.27. The molecule has 2 unspecified atom stereocenters. The molecule has 2 saturated carbocycles. The maximum atomic E-state index is 9.33. The summed E-state index contributed by atoms with van der Waals surface area (Å²) in [5.41, 5.74) is 0.743. The molecule has 1 aliphatic heterocycles. The minimum absolute atomic E-state index is 0.420. The van der Waals surface area contributed by atoms with Gasteiger partial charge in [-0.2, -0.15) is 0 Å². The second-order valence-corrected chi connectivity index (χ2v) is 6.51. The number of likely N-dealkylation sites (tertiary alicyclic amines) is 1. The molecule has 1 N–H and O–H groups in total. The lowest BCUT2D eigenvalue weighted by Gasteiger charge is -2.49. The third kappa shape index (κ3) is 1.91. The van der Waals surface area contributed by atoms with E-state index < -0.39 is 0 Å². The van der Waals surface area contributed by atoms with Gasteiger partial charge in [-0.05, 0) is 42.9 Å². The van der Waals surface area contributed by atoms with Gasteiger partial charge in [-0.1, -0.05) is 19.3 Å². The van der Waals surface area contributed by atoms with E-state index in [1.165, 1.54) is 64.6 Å². The molecule has 3 aliphatic rings. The van der Waals surface area contributed by atoms with E-state index in [2.05, 4.69) is 4.90 Å². The van der Waals surface area contributed by atoms with E-state index in [1.807, 2.05) is 0 Å². The Hall–Kier alpha value is -0.0800. The number of aliphatic hydroxyl groups is 1. The summed E-state index contributed by atoms with van der Waals surface area (Å²) in [5, 5.41) is 9.33. The van der Waals surface area contributed by atoms with Crippen LogP contribution < -0.4 is 0 Å². The molecule has 3 fully saturated rings. The lowest BCUT2D eigenvalue weighted by molar-refractivity contribution is -0.0115. The Balaban J connectivity index is 1.47. The minimum Gasteiger partial charge on any atom is -0.396 e. The van der Waals surface area contributed by atoms with Crippen LogP contribution in [0.5, 0.6) is 0 Å². The first-order chi connectivity index (χ1) is 7.81. The van der Waals surface area contributed by atoms with Crippen LogP contribution in [-0.4, -0.2) is 36.2 Å². The maximum Gasteiger partial charge on any atom is 0.0462 e. The van der Waals surface area contributed by atoms with Crippen LogP contribution in [0.15, 0.2) is 0 Å². The fourth-order valence-corrected chi connectivity index (χ4v) is 4.40. The van der Waals surface area contributed by atoms with Gasteiger partial charge in [0.1, 0.15) is 0 Å². The minimum atomic E-state index is 0.420. The maximum absolute atomic E-state index is 9.33. The quantitative estimate of drug-likeness (QED) is 0.793. The van der Waals surface area contributed by atoms with Gasteiger partial charge < -0.3 is 10.0 Å². The van der Waals surface area contributed by atoms with Gasteiger partial charge in [0.05, 0.1) is 0 Å². The summed E-state index contributed by atoms with van der Waals surface area (Å²) in [6.07, 6.45) is 9.87. The number of aliphatic hydroxyl groups excluding tert-OH is 1. The van der Waals surface area contributed by atoms with Gasteiger partial charge in [0.25, 0.3) is 0 Å². The van der Waals surface area contributed by atoms with Crippen LogP contribution in [0.2, 0.25) is 0 Å². The Bertz CT molecular complexity index is 239. The van der Waals surface area contributed by atoms with Crippen molar-refractivity contribution in [3.63, 3.8) is 0 Å². The van der Waals surface area contributed by atoms with Crippen LogP contribution in [-0.2, 0) is 0 Å². The summed E-state index contributed by atoms with van der Waals surface area (Å²) in [6.45, 7) is 4.42. The summed E-state index contributed by atoms with van der Waals surface area (Å²) in [7, 11) is 0. The largest absolute Gasteiger partial charge is 0.396 e. The van der Waals surface area contributed by atoms with Gasteiger partial charge in [-0.15, -0.1) is 0 Å². The molecule has 0 aromatic heterocycles. The lowest BCUT2D eigenvalue weighted by atomic mass is 9.77. The standard InChI is InChI=1S/C14H25NO/c16-9-13-5-3-4-12(13)8-15-10-14(11-15)6-1-2-7-14/h12-13,16H,1-11H2. The molecule has 0 aromatic carbocycles. The molecule has 0 radical (unpaired) electrons. The average Bonchev–Trinajstić information content (AvgIpc) is 2.85. The van der Waals surface area contributed by atoms with Crippen molar-refractivity contribution in [2.45, 2.75) is 44.9 Å². The molecular formula is C14H25NO. The molecule has 3 rings (SSSR count). The summed E-state index contributed by atoms with van der Waals surface area (Å²) in [6, 6.07) is 0. The van der Waals surface area contributed by atoms with Gasteiger partial charge in [0, 0.05) is 26.2 Å². The predicted molar refractivity (Wildman–Crippen MR) is 65.3 cm³/mol. The monoisotopic (exact) mass is 223 g/mol. The van der Waals surface area contributed by atoms with Gasteiger partial charge in [0.2, 0.25) is 0 Å². The van der Waals surface area contributed by atoms with E-state index in [0.29, 0.717) is 12.5 Å². The Morgan fingerprint density at radius 2 is 1.69 bits per heavy atom. The van der Waals surface area contributed by atoms with E-state index in [1.54, 1.807) is 0 Å². The topological polar surface area (TPSA) is 23.5 Å². The van der Waals surface area contributed by atoms with Gasteiger partial charge in [0.15, 0.2) is 0 Å².